The van der Waals surface area contributed by atoms with Gasteiger partial charge in [0, 0.05) is 0 Å². The Kier molecular flexibility index (Phi) is 17.8. The van der Waals surface area contributed by atoms with Gasteiger partial charge in [0.2, 0.25) is 0 Å². The Morgan fingerprint density at radius 1 is 0.548 bits per heavy atom. The van der Waals surface area contributed by atoms with Crippen LogP contribution in [0, 0.1) is 5.92 Å². The average Bonchev–Trinajstić information content (AvgIpc) is 2.78. The molecule has 1 N–H and O–H groups in total. The maximum absolute atomic E-state index is 10.6. The first-order valence-electron chi connectivity index (χ1n) is 14.0. The molecule has 0 aliphatic heterocycles. The van der Waals surface area contributed by atoms with Crippen LogP contribution in [0.15, 0.2) is 24.3 Å². The van der Waals surface area contributed by atoms with Gasteiger partial charge in [0.05, 0.1) is 0 Å². The summed E-state index contributed by atoms with van der Waals surface area (Å²) in [5.41, 5.74) is 1.22. The smallest absolute Gasteiger partial charge is 0.119 e. The first-order valence-corrected chi connectivity index (χ1v) is 14.0. The van der Waals surface area contributed by atoms with Gasteiger partial charge in [-0.25, -0.2) is 0 Å². The highest BCUT2D eigenvalue weighted by Gasteiger charge is 2.24. The number of phenolic OH excluding ortho intramolecular Hbond substituents is 1. The third kappa shape index (κ3) is 13.2. The fourth-order valence-corrected chi connectivity index (χ4v) is 5.14. The molecule has 0 radical (unpaired) electrons. The van der Waals surface area contributed by atoms with Gasteiger partial charge >= 0.3 is 0 Å². The second-order valence-corrected chi connectivity index (χ2v) is 9.89. The molecule has 1 nitrogen and oxygen atoms in total. The number of phenols is 1. The monoisotopic (exact) mass is 430 g/mol. The summed E-state index contributed by atoms with van der Waals surface area (Å²) in [6.45, 7) is 6.90. The third-order valence-corrected chi connectivity index (χ3v) is 7.13. The van der Waals surface area contributed by atoms with Crippen molar-refractivity contribution >= 4 is 0 Å². The van der Waals surface area contributed by atoms with Crippen LogP contribution < -0.4 is 0 Å². The molecule has 0 aliphatic rings. The quantitative estimate of drug-likeness (QED) is 0.192. The standard InChI is InChI=1S/C30H54O/c1-4-7-10-12-13-14-15-17-19-24-28(29-25-20-21-26-30(29)31)27(22-9-6-3)23-18-16-11-8-5-2/h20-21,25-28,31H,4-19,22-24H2,1-3H3. The molecular weight excluding hydrogens is 376 g/mol. The fraction of sp³-hybridized carbons (Fsp3) is 0.800. The first kappa shape index (κ1) is 28.1. The molecule has 0 amide bonds. The lowest BCUT2D eigenvalue weighted by molar-refractivity contribution is 0.317. The predicted octanol–water partition coefficient (Wildman–Crippen LogP) is 10.6. The van der Waals surface area contributed by atoms with E-state index in [1.807, 2.05) is 12.1 Å². The van der Waals surface area contributed by atoms with E-state index < -0.39 is 0 Å². The van der Waals surface area contributed by atoms with Gasteiger partial charge in [-0.05, 0) is 42.7 Å². The zero-order valence-corrected chi connectivity index (χ0v) is 21.3. The van der Waals surface area contributed by atoms with Gasteiger partial charge in [-0.15, -0.1) is 0 Å². The summed E-state index contributed by atoms with van der Waals surface area (Å²) < 4.78 is 0. The summed E-state index contributed by atoms with van der Waals surface area (Å²) in [5, 5.41) is 10.6. The molecule has 0 saturated carbocycles. The van der Waals surface area contributed by atoms with Crippen molar-refractivity contribution in [3.05, 3.63) is 29.8 Å². The zero-order valence-electron chi connectivity index (χ0n) is 21.3. The lowest BCUT2D eigenvalue weighted by Crippen LogP contribution is -2.14. The van der Waals surface area contributed by atoms with Crippen molar-refractivity contribution in [1.82, 2.24) is 0 Å². The summed E-state index contributed by atoms with van der Waals surface area (Å²) in [6.07, 6.45) is 25.8. The van der Waals surface area contributed by atoms with Crippen LogP contribution in [0.1, 0.15) is 154 Å². The van der Waals surface area contributed by atoms with Crippen molar-refractivity contribution < 1.29 is 5.11 Å². The molecule has 1 rings (SSSR count). The van der Waals surface area contributed by atoms with Crippen LogP contribution in [0.25, 0.3) is 0 Å². The lowest BCUT2D eigenvalue weighted by atomic mass is 9.76. The Morgan fingerprint density at radius 2 is 1.00 bits per heavy atom. The minimum absolute atomic E-state index is 0.524. The van der Waals surface area contributed by atoms with Crippen molar-refractivity contribution in [2.24, 2.45) is 5.92 Å². The first-order chi connectivity index (χ1) is 15.2. The Bertz CT molecular complexity index is 509. The molecule has 0 aliphatic carbocycles. The van der Waals surface area contributed by atoms with Crippen LogP contribution in [0.3, 0.4) is 0 Å². The molecule has 1 heteroatoms. The van der Waals surface area contributed by atoms with Crippen molar-refractivity contribution in [2.45, 2.75) is 149 Å². The Morgan fingerprint density at radius 3 is 1.55 bits per heavy atom. The van der Waals surface area contributed by atoms with E-state index in [1.165, 1.54) is 128 Å². The van der Waals surface area contributed by atoms with Crippen LogP contribution in [0.5, 0.6) is 5.75 Å². The van der Waals surface area contributed by atoms with Gasteiger partial charge in [0.1, 0.15) is 5.75 Å². The van der Waals surface area contributed by atoms with Crippen molar-refractivity contribution in [3.63, 3.8) is 0 Å². The van der Waals surface area contributed by atoms with Crippen LogP contribution >= 0.6 is 0 Å². The van der Waals surface area contributed by atoms with Crippen LogP contribution in [-0.2, 0) is 0 Å². The molecule has 0 aromatic heterocycles. The van der Waals surface area contributed by atoms with Crippen LogP contribution in [-0.4, -0.2) is 5.11 Å². The van der Waals surface area contributed by atoms with Gasteiger partial charge in [0.15, 0.2) is 0 Å². The Labute approximate surface area is 195 Å². The second kappa shape index (κ2) is 19.7. The summed E-state index contributed by atoms with van der Waals surface area (Å²) in [7, 11) is 0. The number of benzene rings is 1. The van der Waals surface area contributed by atoms with Gasteiger partial charge in [-0.3, -0.25) is 0 Å². The summed E-state index contributed by atoms with van der Waals surface area (Å²) in [5.74, 6) is 1.78. The molecular formula is C30H54O. The van der Waals surface area contributed by atoms with Gasteiger partial charge in [0.25, 0.3) is 0 Å². The van der Waals surface area contributed by atoms with Crippen molar-refractivity contribution in [3.8, 4) is 5.75 Å². The lowest BCUT2D eigenvalue weighted by Gasteiger charge is -2.29. The van der Waals surface area contributed by atoms with E-state index in [4.69, 9.17) is 0 Å². The van der Waals surface area contributed by atoms with Gasteiger partial charge in [-0.2, -0.15) is 0 Å². The third-order valence-electron chi connectivity index (χ3n) is 7.13. The fourth-order valence-electron chi connectivity index (χ4n) is 5.14. The van der Waals surface area contributed by atoms with Crippen molar-refractivity contribution in [2.75, 3.05) is 0 Å². The molecule has 0 bridgehead atoms. The van der Waals surface area contributed by atoms with E-state index in [2.05, 4.69) is 32.9 Å². The number of hydrogen-bond acceptors (Lipinski definition) is 1. The topological polar surface area (TPSA) is 20.2 Å². The highest BCUT2D eigenvalue weighted by Crippen LogP contribution is 2.40. The minimum Gasteiger partial charge on any atom is -0.508 e. The van der Waals surface area contributed by atoms with E-state index in [9.17, 15) is 5.11 Å². The van der Waals surface area contributed by atoms with E-state index in [0.717, 1.165) is 5.92 Å². The maximum atomic E-state index is 10.6. The predicted molar refractivity (Wildman–Crippen MR) is 139 cm³/mol. The molecule has 2 unspecified atom stereocenters. The van der Waals surface area contributed by atoms with Gasteiger partial charge in [-0.1, -0.05) is 142 Å². The van der Waals surface area contributed by atoms with E-state index in [0.29, 0.717) is 11.7 Å². The number of para-hydroxylation sites is 1. The van der Waals surface area contributed by atoms with Crippen LogP contribution in [0.4, 0.5) is 0 Å². The Hall–Kier alpha value is -0.980. The number of unbranched alkanes of at least 4 members (excludes halogenated alkanes) is 13. The SMILES string of the molecule is CCCCCCCCCCCC(c1ccccc1O)C(CCCC)CCCCCCC. The van der Waals surface area contributed by atoms with Crippen LogP contribution in [0.2, 0.25) is 0 Å². The maximum Gasteiger partial charge on any atom is 0.119 e. The molecule has 2 atom stereocenters. The normalized spacial score (nSPS) is 13.4. The largest absolute Gasteiger partial charge is 0.508 e. The highest BCUT2D eigenvalue weighted by molar-refractivity contribution is 5.35. The Balaban J connectivity index is 2.60. The van der Waals surface area contributed by atoms with Gasteiger partial charge < -0.3 is 5.11 Å². The molecule has 0 spiro atoms. The number of aromatic hydroxyl groups is 1. The molecule has 0 fully saturated rings. The number of hydrogen-bond donors (Lipinski definition) is 1. The molecule has 180 valence electrons. The zero-order chi connectivity index (χ0) is 22.6. The highest BCUT2D eigenvalue weighted by atomic mass is 16.3. The molecule has 1 aromatic carbocycles. The minimum atomic E-state index is 0.524. The van der Waals surface area contributed by atoms with E-state index in [1.54, 1.807) is 0 Å². The summed E-state index contributed by atoms with van der Waals surface area (Å²) >= 11 is 0. The van der Waals surface area contributed by atoms with E-state index in [-0.39, 0.29) is 0 Å². The summed E-state index contributed by atoms with van der Waals surface area (Å²) in [4.78, 5) is 0. The molecule has 31 heavy (non-hydrogen) atoms. The summed E-state index contributed by atoms with van der Waals surface area (Å²) in [6, 6.07) is 8.19. The van der Waals surface area contributed by atoms with Crippen molar-refractivity contribution in [1.29, 1.82) is 0 Å². The molecule has 1 aromatic rings. The molecule has 0 heterocycles. The number of rotatable bonds is 21. The second-order valence-electron chi connectivity index (χ2n) is 9.89. The average molecular weight is 431 g/mol. The molecule has 0 saturated heterocycles. The van der Waals surface area contributed by atoms with E-state index >= 15 is 0 Å².